The summed E-state index contributed by atoms with van der Waals surface area (Å²) in [6.45, 7) is 3.45. The number of amidine groups is 2. The number of piperidine rings is 1. The molecule has 1 aromatic heterocycles. The van der Waals surface area contributed by atoms with E-state index in [0.29, 0.717) is 20.7 Å². The van der Waals surface area contributed by atoms with E-state index >= 15 is 0 Å². The van der Waals surface area contributed by atoms with Crippen molar-refractivity contribution < 1.29 is 5.11 Å². The first-order valence-corrected chi connectivity index (χ1v) is 12.7. The molecule has 3 aliphatic rings. The molecule has 0 bridgehead atoms. The highest BCUT2D eigenvalue weighted by Gasteiger charge is 2.47. The van der Waals surface area contributed by atoms with E-state index in [9.17, 15) is 5.11 Å². The zero-order valence-electron chi connectivity index (χ0n) is 18.7. The molecule has 1 spiro atoms. The Balaban J connectivity index is 1.31. The van der Waals surface area contributed by atoms with E-state index in [2.05, 4.69) is 20.9 Å². The SMILES string of the molecule is C[C@H]1C(N2CCC3(CC2)Cc2ccc(Cl)cc2C3N)=NC(=N)C(Sc2ccnc(N)c2Cl)=C1O. The van der Waals surface area contributed by atoms with Crippen LogP contribution in [0.4, 0.5) is 5.82 Å². The smallest absolute Gasteiger partial charge is 0.164 e. The van der Waals surface area contributed by atoms with Crippen LogP contribution >= 0.6 is 35.0 Å². The quantitative estimate of drug-likeness (QED) is 0.434. The molecule has 1 aliphatic carbocycles. The van der Waals surface area contributed by atoms with Crippen LogP contribution in [0.2, 0.25) is 10.0 Å². The Bertz CT molecular complexity index is 1240. The highest BCUT2D eigenvalue weighted by molar-refractivity contribution is 8.04. The maximum Gasteiger partial charge on any atom is 0.164 e. The van der Waals surface area contributed by atoms with Crippen molar-refractivity contribution in [2.24, 2.45) is 22.1 Å². The van der Waals surface area contributed by atoms with Gasteiger partial charge in [0.05, 0.1) is 15.8 Å². The van der Waals surface area contributed by atoms with Gasteiger partial charge in [0.1, 0.15) is 17.4 Å². The van der Waals surface area contributed by atoms with E-state index < -0.39 is 0 Å². The van der Waals surface area contributed by atoms with Crippen LogP contribution in [0.3, 0.4) is 0 Å². The van der Waals surface area contributed by atoms with Gasteiger partial charge in [-0.15, -0.1) is 0 Å². The number of dihydropyridines is 1. The van der Waals surface area contributed by atoms with Crippen LogP contribution < -0.4 is 11.5 Å². The normalized spacial score (nSPS) is 23.9. The molecular weight excluding hydrogens is 491 g/mol. The van der Waals surface area contributed by atoms with Crippen LogP contribution in [0.5, 0.6) is 0 Å². The van der Waals surface area contributed by atoms with E-state index in [-0.39, 0.29) is 34.8 Å². The van der Waals surface area contributed by atoms with E-state index in [4.69, 9.17) is 40.1 Å². The third-order valence-electron chi connectivity index (χ3n) is 7.29. The third kappa shape index (κ3) is 3.86. The topological polar surface area (TPSA) is 125 Å². The van der Waals surface area contributed by atoms with Crippen molar-refractivity contribution in [3.05, 3.63) is 62.3 Å². The minimum atomic E-state index is -0.336. The Morgan fingerprint density at radius 1 is 1.24 bits per heavy atom. The van der Waals surface area contributed by atoms with Gasteiger partial charge in [-0.1, -0.05) is 41.0 Å². The summed E-state index contributed by atoms with van der Waals surface area (Å²) in [4.78, 5) is 11.7. The number of aliphatic hydroxyl groups is 1. The molecule has 1 fully saturated rings. The summed E-state index contributed by atoms with van der Waals surface area (Å²) >= 11 is 13.7. The van der Waals surface area contributed by atoms with Crippen molar-refractivity contribution in [2.75, 3.05) is 18.8 Å². The number of fused-ring (bicyclic) bond motifs is 1. The number of benzene rings is 1. The Morgan fingerprint density at radius 2 is 1.97 bits per heavy atom. The average molecular weight is 517 g/mol. The number of pyridine rings is 1. The number of nitrogens with zero attached hydrogens (tertiary/aromatic N) is 3. The van der Waals surface area contributed by atoms with Gasteiger partial charge < -0.3 is 21.5 Å². The molecule has 178 valence electrons. The summed E-state index contributed by atoms with van der Waals surface area (Å²) in [5.41, 5.74) is 15.0. The molecule has 3 heterocycles. The molecule has 2 atom stereocenters. The van der Waals surface area contributed by atoms with Crippen LogP contribution in [-0.4, -0.2) is 39.8 Å². The van der Waals surface area contributed by atoms with Crippen molar-refractivity contribution in [3.8, 4) is 0 Å². The summed E-state index contributed by atoms with van der Waals surface area (Å²) in [5.74, 6) is 0.724. The molecule has 1 aromatic carbocycles. The molecule has 1 unspecified atom stereocenters. The minimum Gasteiger partial charge on any atom is -0.510 e. The van der Waals surface area contributed by atoms with E-state index in [1.807, 2.05) is 19.1 Å². The van der Waals surface area contributed by atoms with Crippen LogP contribution in [0, 0.1) is 16.7 Å². The molecule has 1 saturated heterocycles. The molecular formula is C24H26Cl2N6OS. The molecule has 0 radical (unpaired) electrons. The van der Waals surface area contributed by atoms with Crippen molar-refractivity contribution in [2.45, 2.75) is 37.1 Å². The first-order chi connectivity index (χ1) is 16.2. The Hall–Kier alpha value is -2.26. The van der Waals surface area contributed by atoms with Gasteiger partial charge in [-0.25, -0.2) is 9.98 Å². The standard InChI is InChI=1S/C24H26Cl2N6OS/c1-12-18(33)19(34-16-4-7-30-21(28)17(16)26)22(29)31-23(12)32-8-5-24(6-9-32)11-13-2-3-14(25)10-15(13)20(24)27/h2-4,7,10,12,20,29,33H,5-6,8-9,11,27H2,1H3,(H2,28,30)/t12-,20?/m1/s1. The summed E-state index contributed by atoms with van der Waals surface area (Å²) < 4.78 is 0. The predicted octanol–water partition coefficient (Wildman–Crippen LogP) is 5.20. The second kappa shape index (κ2) is 8.75. The van der Waals surface area contributed by atoms with Gasteiger partial charge in [-0.05, 0) is 60.9 Å². The van der Waals surface area contributed by atoms with Crippen LogP contribution in [-0.2, 0) is 6.42 Å². The van der Waals surface area contributed by atoms with E-state index in [1.165, 1.54) is 17.3 Å². The zero-order valence-corrected chi connectivity index (χ0v) is 21.0. The van der Waals surface area contributed by atoms with Gasteiger partial charge in [-0.2, -0.15) is 0 Å². The Labute approximate surface area is 212 Å². The predicted molar refractivity (Wildman–Crippen MR) is 139 cm³/mol. The van der Waals surface area contributed by atoms with Gasteiger partial charge in [-0.3, -0.25) is 5.41 Å². The molecule has 0 saturated carbocycles. The van der Waals surface area contributed by atoms with Gasteiger partial charge in [0.2, 0.25) is 0 Å². The lowest BCUT2D eigenvalue weighted by atomic mass is 9.73. The van der Waals surface area contributed by atoms with Crippen molar-refractivity contribution in [1.29, 1.82) is 5.41 Å². The van der Waals surface area contributed by atoms with Gasteiger partial charge in [0.15, 0.2) is 5.84 Å². The number of aromatic nitrogens is 1. The average Bonchev–Trinajstić information content (AvgIpc) is 3.08. The number of halogens is 2. The number of aliphatic hydroxyl groups excluding tert-OH is 1. The number of thioether (sulfide) groups is 1. The molecule has 2 aromatic rings. The lowest BCUT2D eigenvalue weighted by molar-refractivity contribution is 0.124. The lowest BCUT2D eigenvalue weighted by Crippen LogP contribution is -2.49. The summed E-state index contributed by atoms with van der Waals surface area (Å²) in [7, 11) is 0. The van der Waals surface area contributed by atoms with Crippen LogP contribution in [0.15, 0.2) is 51.0 Å². The number of nitrogens with two attached hydrogens (primary N) is 2. The highest BCUT2D eigenvalue weighted by atomic mass is 35.5. The number of likely N-dealkylation sites (tertiary alicyclic amines) is 1. The number of hydrogen-bond acceptors (Lipinski definition) is 7. The minimum absolute atomic E-state index is 0.00636. The number of nitrogens with one attached hydrogen (secondary N) is 1. The zero-order chi connectivity index (χ0) is 24.2. The van der Waals surface area contributed by atoms with Crippen molar-refractivity contribution in [1.82, 2.24) is 9.88 Å². The molecule has 5 rings (SSSR count). The maximum absolute atomic E-state index is 11.0. The fraction of sp³-hybridized carbons (Fsp3) is 0.375. The fourth-order valence-electron chi connectivity index (χ4n) is 5.28. The van der Waals surface area contributed by atoms with Crippen molar-refractivity contribution in [3.63, 3.8) is 0 Å². The van der Waals surface area contributed by atoms with E-state index in [0.717, 1.165) is 42.9 Å². The fourth-order valence-corrected chi connectivity index (χ4v) is 6.66. The molecule has 10 heteroatoms. The van der Waals surface area contributed by atoms with Gasteiger partial charge >= 0.3 is 0 Å². The van der Waals surface area contributed by atoms with Crippen molar-refractivity contribution >= 4 is 52.5 Å². The molecule has 2 aliphatic heterocycles. The molecule has 34 heavy (non-hydrogen) atoms. The summed E-state index contributed by atoms with van der Waals surface area (Å²) in [5, 5.41) is 20.6. The highest BCUT2D eigenvalue weighted by Crippen LogP contribution is 2.51. The monoisotopic (exact) mass is 516 g/mol. The Morgan fingerprint density at radius 3 is 2.71 bits per heavy atom. The second-order valence-corrected chi connectivity index (χ2v) is 11.1. The lowest BCUT2D eigenvalue weighted by Gasteiger charge is -2.44. The first-order valence-electron chi connectivity index (χ1n) is 11.2. The number of rotatable bonds is 2. The maximum atomic E-state index is 11.0. The van der Waals surface area contributed by atoms with Gasteiger partial charge in [0, 0.05) is 35.2 Å². The largest absolute Gasteiger partial charge is 0.510 e. The van der Waals surface area contributed by atoms with Gasteiger partial charge in [0.25, 0.3) is 0 Å². The number of nitrogen functional groups attached to an aromatic ring is 1. The Kier molecular flexibility index (Phi) is 6.04. The van der Waals surface area contributed by atoms with Crippen LogP contribution in [0.25, 0.3) is 0 Å². The molecule has 0 amide bonds. The summed E-state index contributed by atoms with van der Waals surface area (Å²) in [6, 6.07) is 7.70. The van der Waals surface area contributed by atoms with E-state index in [1.54, 1.807) is 12.3 Å². The third-order valence-corrected chi connectivity index (χ3v) is 9.20. The molecule has 6 N–H and O–H groups in total. The number of hydrogen-bond donors (Lipinski definition) is 4. The van der Waals surface area contributed by atoms with Crippen LogP contribution in [0.1, 0.15) is 36.9 Å². The number of anilines is 1. The second-order valence-electron chi connectivity index (χ2n) is 9.21. The molecule has 7 nitrogen and oxygen atoms in total. The first kappa shape index (κ1) is 23.5. The summed E-state index contributed by atoms with van der Waals surface area (Å²) in [6.07, 6.45) is 4.33. The number of aliphatic imine (C=N–C) groups is 1.